The summed E-state index contributed by atoms with van der Waals surface area (Å²) in [4.78, 5) is 23.5. The van der Waals surface area contributed by atoms with Gasteiger partial charge < -0.3 is 9.47 Å². The van der Waals surface area contributed by atoms with Crippen molar-refractivity contribution in [1.29, 1.82) is 0 Å². The Kier molecular flexibility index (Phi) is 4.69. The molecule has 0 saturated heterocycles. The number of hydrogen-bond donors (Lipinski definition) is 0. The molecule has 1 heterocycles. The molecule has 0 radical (unpaired) electrons. The zero-order valence-electron chi connectivity index (χ0n) is 11.9. The number of aromatic nitrogens is 1. The van der Waals surface area contributed by atoms with E-state index >= 15 is 0 Å². The summed E-state index contributed by atoms with van der Waals surface area (Å²) in [6.45, 7) is 0. The van der Waals surface area contributed by atoms with Crippen LogP contribution >= 0.6 is 11.5 Å². The zero-order chi connectivity index (χ0) is 17.2. The van der Waals surface area contributed by atoms with E-state index in [9.17, 15) is 22.8 Å². The molecule has 0 aliphatic carbocycles. The van der Waals surface area contributed by atoms with Crippen molar-refractivity contribution in [2.24, 2.45) is 0 Å². The highest BCUT2D eigenvalue weighted by molar-refractivity contribution is 7.08. The molecule has 1 aromatic carbocycles. The molecular formula is C14H10F3NO4S. The number of benzene rings is 1. The minimum atomic E-state index is -4.47. The number of nitrogens with zero attached hydrogens (tertiary/aromatic N) is 1. The lowest BCUT2D eigenvalue weighted by Gasteiger charge is -2.07. The normalized spacial score (nSPS) is 11.2. The molecule has 0 bridgehead atoms. The van der Waals surface area contributed by atoms with E-state index in [1.165, 1.54) is 12.1 Å². The van der Waals surface area contributed by atoms with Crippen molar-refractivity contribution in [3.8, 4) is 11.3 Å². The third-order valence-corrected chi connectivity index (χ3v) is 3.77. The fourth-order valence-corrected chi connectivity index (χ4v) is 2.64. The van der Waals surface area contributed by atoms with E-state index in [0.717, 1.165) is 26.4 Å². The first-order chi connectivity index (χ1) is 10.8. The van der Waals surface area contributed by atoms with Gasteiger partial charge in [-0.3, -0.25) is 0 Å². The van der Waals surface area contributed by atoms with Gasteiger partial charge in [-0.1, -0.05) is 12.1 Å². The first-order valence-corrected chi connectivity index (χ1v) is 6.91. The van der Waals surface area contributed by atoms with Crippen LogP contribution in [0, 0.1) is 0 Å². The van der Waals surface area contributed by atoms with E-state index < -0.39 is 23.7 Å². The number of rotatable bonds is 3. The van der Waals surface area contributed by atoms with Crippen LogP contribution in [0.3, 0.4) is 0 Å². The topological polar surface area (TPSA) is 65.5 Å². The molecule has 0 aliphatic heterocycles. The Morgan fingerprint density at radius 1 is 1.04 bits per heavy atom. The average molecular weight is 345 g/mol. The van der Waals surface area contributed by atoms with Gasteiger partial charge in [0.2, 0.25) is 0 Å². The van der Waals surface area contributed by atoms with Crippen LogP contribution in [0.2, 0.25) is 0 Å². The minimum absolute atomic E-state index is 0.0657. The van der Waals surface area contributed by atoms with Gasteiger partial charge in [0.1, 0.15) is 10.4 Å². The fraction of sp³-hybridized carbons (Fsp3) is 0.214. The molecule has 0 atom stereocenters. The Morgan fingerprint density at radius 2 is 1.61 bits per heavy atom. The molecule has 0 amide bonds. The molecule has 0 N–H and O–H groups in total. The summed E-state index contributed by atoms with van der Waals surface area (Å²) in [6, 6.07) is 4.08. The summed E-state index contributed by atoms with van der Waals surface area (Å²) in [5, 5.41) is 0. The van der Waals surface area contributed by atoms with Gasteiger partial charge in [0.05, 0.1) is 25.5 Å². The van der Waals surface area contributed by atoms with Crippen molar-refractivity contribution >= 4 is 23.5 Å². The highest BCUT2D eigenvalue weighted by Gasteiger charge is 2.31. The molecule has 5 nitrogen and oxygen atoms in total. The number of ether oxygens (including phenoxy) is 2. The molecule has 0 aliphatic rings. The number of carbonyl (C=O) groups excluding carboxylic acids is 2. The van der Waals surface area contributed by atoms with Crippen LogP contribution in [-0.2, 0) is 15.7 Å². The standard InChI is InChI=1S/C14H10F3NO4S/c1-21-12(19)9-10(18-23-11(9)13(20)22-2)7-3-5-8(6-4-7)14(15,16)17/h3-6H,1-2H3. The lowest BCUT2D eigenvalue weighted by Crippen LogP contribution is -2.10. The van der Waals surface area contributed by atoms with E-state index in [0.29, 0.717) is 11.5 Å². The van der Waals surface area contributed by atoms with Gasteiger partial charge in [0, 0.05) is 5.56 Å². The molecule has 0 fully saturated rings. The van der Waals surface area contributed by atoms with Crippen molar-refractivity contribution in [2.75, 3.05) is 14.2 Å². The second-order valence-corrected chi connectivity index (χ2v) is 5.07. The van der Waals surface area contributed by atoms with E-state index in [1.54, 1.807) is 0 Å². The SMILES string of the molecule is COC(=O)c1snc(-c2ccc(C(F)(F)F)cc2)c1C(=O)OC. The van der Waals surface area contributed by atoms with Crippen LogP contribution in [0.1, 0.15) is 25.6 Å². The van der Waals surface area contributed by atoms with Gasteiger partial charge in [0.25, 0.3) is 0 Å². The third kappa shape index (κ3) is 3.34. The van der Waals surface area contributed by atoms with Crippen LogP contribution in [0.15, 0.2) is 24.3 Å². The van der Waals surface area contributed by atoms with E-state index in [4.69, 9.17) is 0 Å². The molecule has 9 heteroatoms. The van der Waals surface area contributed by atoms with Gasteiger partial charge in [-0.15, -0.1) is 0 Å². The molecule has 0 saturated carbocycles. The Bertz CT molecular complexity index is 737. The largest absolute Gasteiger partial charge is 0.465 e. The number of hydrogen-bond acceptors (Lipinski definition) is 6. The second-order valence-electron chi connectivity index (χ2n) is 4.29. The lowest BCUT2D eigenvalue weighted by molar-refractivity contribution is -0.137. The first-order valence-electron chi connectivity index (χ1n) is 6.13. The Labute approximate surface area is 132 Å². The van der Waals surface area contributed by atoms with Crippen LogP contribution in [-0.4, -0.2) is 30.5 Å². The Morgan fingerprint density at radius 3 is 2.09 bits per heavy atom. The summed E-state index contributed by atoms with van der Waals surface area (Å²) in [5.41, 5.74) is -0.644. The molecule has 23 heavy (non-hydrogen) atoms. The highest BCUT2D eigenvalue weighted by atomic mass is 32.1. The van der Waals surface area contributed by atoms with Gasteiger partial charge in [0.15, 0.2) is 0 Å². The van der Waals surface area contributed by atoms with Crippen LogP contribution in [0.4, 0.5) is 13.2 Å². The Hall–Kier alpha value is -2.42. The van der Waals surface area contributed by atoms with Crippen LogP contribution in [0.5, 0.6) is 0 Å². The van der Waals surface area contributed by atoms with E-state index in [1.807, 2.05) is 0 Å². The fourth-order valence-electron chi connectivity index (χ4n) is 1.83. The number of esters is 2. The van der Waals surface area contributed by atoms with E-state index in [2.05, 4.69) is 13.8 Å². The predicted octanol–water partition coefficient (Wildman–Crippen LogP) is 3.40. The molecule has 1 aromatic heterocycles. The van der Waals surface area contributed by atoms with Gasteiger partial charge in [-0.25, -0.2) is 9.59 Å². The number of carbonyl (C=O) groups is 2. The second kappa shape index (κ2) is 6.37. The zero-order valence-corrected chi connectivity index (χ0v) is 12.7. The summed E-state index contributed by atoms with van der Waals surface area (Å²) >= 11 is 0.710. The average Bonchev–Trinajstić information content (AvgIpc) is 2.97. The maximum absolute atomic E-state index is 12.6. The van der Waals surface area contributed by atoms with Crippen LogP contribution in [0.25, 0.3) is 11.3 Å². The smallest absolute Gasteiger partial charge is 0.416 e. The summed E-state index contributed by atoms with van der Waals surface area (Å²) in [6.07, 6.45) is -4.47. The maximum Gasteiger partial charge on any atom is 0.416 e. The molecular weight excluding hydrogens is 335 g/mol. The van der Waals surface area contributed by atoms with Crippen molar-refractivity contribution in [1.82, 2.24) is 4.37 Å². The quantitative estimate of drug-likeness (QED) is 0.798. The summed E-state index contributed by atoms with van der Waals surface area (Å²) in [7, 11) is 2.26. The number of alkyl halides is 3. The highest BCUT2D eigenvalue weighted by Crippen LogP contribution is 2.33. The molecule has 0 spiro atoms. The van der Waals surface area contributed by atoms with E-state index in [-0.39, 0.29) is 21.7 Å². The first kappa shape index (κ1) is 16.9. The summed E-state index contributed by atoms with van der Waals surface area (Å²) in [5.74, 6) is -1.60. The summed E-state index contributed by atoms with van der Waals surface area (Å²) < 4.78 is 50.9. The molecule has 122 valence electrons. The lowest BCUT2D eigenvalue weighted by atomic mass is 10.0. The number of halogens is 3. The molecule has 2 rings (SSSR count). The van der Waals surface area contributed by atoms with Gasteiger partial charge in [-0.2, -0.15) is 17.5 Å². The number of methoxy groups -OCH3 is 2. The molecule has 0 unspecified atom stereocenters. The Balaban J connectivity index is 2.53. The monoisotopic (exact) mass is 345 g/mol. The third-order valence-electron chi connectivity index (χ3n) is 2.94. The van der Waals surface area contributed by atoms with Crippen LogP contribution < -0.4 is 0 Å². The molecule has 2 aromatic rings. The van der Waals surface area contributed by atoms with Crippen molar-refractivity contribution in [3.63, 3.8) is 0 Å². The van der Waals surface area contributed by atoms with Crippen molar-refractivity contribution < 1.29 is 32.2 Å². The minimum Gasteiger partial charge on any atom is -0.465 e. The van der Waals surface area contributed by atoms with Crippen molar-refractivity contribution in [2.45, 2.75) is 6.18 Å². The van der Waals surface area contributed by atoms with Gasteiger partial charge in [-0.05, 0) is 23.7 Å². The van der Waals surface area contributed by atoms with Gasteiger partial charge >= 0.3 is 18.1 Å². The maximum atomic E-state index is 12.6. The predicted molar refractivity (Wildman–Crippen MR) is 75.2 cm³/mol. The van der Waals surface area contributed by atoms with Crippen molar-refractivity contribution in [3.05, 3.63) is 40.3 Å².